The van der Waals surface area contributed by atoms with Gasteiger partial charge in [0, 0.05) is 23.4 Å². The average Bonchev–Trinajstić information content (AvgIpc) is 3.61. The third kappa shape index (κ3) is 5.25. The normalized spacial score (nSPS) is 22.0. The highest BCUT2D eigenvalue weighted by Crippen LogP contribution is 2.32. The molecule has 2 aliphatic heterocycles. The lowest BCUT2D eigenvalue weighted by molar-refractivity contribution is -0.105. The molecule has 6 rings (SSSR count). The van der Waals surface area contributed by atoms with Crippen LogP contribution in [0.5, 0.6) is 5.88 Å². The topological polar surface area (TPSA) is 118 Å². The second-order valence-electron chi connectivity index (χ2n) is 9.12. The number of aliphatic hydroxyl groups is 1. The minimum absolute atomic E-state index is 0.222. The third-order valence-electron chi connectivity index (χ3n) is 6.39. The zero-order chi connectivity index (χ0) is 26.6. The summed E-state index contributed by atoms with van der Waals surface area (Å²) in [6.45, 7) is 0.525. The molecule has 4 N–H and O–H groups in total. The largest absolute Gasteiger partial charge is 0.470 e. The number of rotatable bonds is 6. The third-order valence-corrected chi connectivity index (χ3v) is 6.39. The van der Waals surface area contributed by atoms with Crippen molar-refractivity contribution in [3.8, 4) is 28.3 Å². The Morgan fingerprint density at radius 2 is 1.63 bits per heavy atom. The van der Waals surface area contributed by atoms with Crippen LogP contribution in [0.15, 0.2) is 60.7 Å². The Kier molecular flexibility index (Phi) is 7.66. The van der Waals surface area contributed by atoms with Gasteiger partial charge in [0.2, 0.25) is 6.41 Å². The van der Waals surface area contributed by atoms with Gasteiger partial charge in [-0.3, -0.25) is 4.79 Å². The highest BCUT2D eigenvalue weighted by molar-refractivity contribution is 5.81. The zero-order valence-electron chi connectivity index (χ0n) is 21.0. The van der Waals surface area contributed by atoms with Gasteiger partial charge in [-0.25, -0.2) is 9.37 Å². The van der Waals surface area contributed by atoms with E-state index in [9.17, 15) is 14.3 Å². The summed E-state index contributed by atoms with van der Waals surface area (Å²) in [6.07, 6.45) is -1.12. The van der Waals surface area contributed by atoms with Gasteiger partial charge in [-0.05, 0) is 37.4 Å². The summed E-state index contributed by atoms with van der Waals surface area (Å²) >= 11 is 0. The monoisotopic (exact) mass is 520 g/mol. The molecule has 2 unspecified atom stereocenters. The number of fused-ring (bicyclic) bond motifs is 2. The number of carbonyl (C=O) groups excluding carboxylic acids is 1. The number of aromatic amines is 1. The first-order valence-electron chi connectivity index (χ1n) is 12.3. The molecule has 4 aromatic rings. The van der Waals surface area contributed by atoms with Crippen molar-refractivity contribution in [1.29, 1.82) is 0 Å². The van der Waals surface area contributed by atoms with Gasteiger partial charge in [0.25, 0.3) is 0 Å². The van der Waals surface area contributed by atoms with Gasteiger partial charge in [-0.15, -0.1) is 0 Å². The second-order valence-corrected chi connectivity index (χ2v) is 9.12. The van der Waals surface area contributed by atoms with Crippen LogP contribution in [-0.2, 0) is 14.3 Å². The number of aliphatic hydroxyl groups excluding tert-OH is 1. The van der Waals surface area contributed by atoms with Gasteiger partial charge in [0.1, 0.15) is 24.0 Å². The number of amides is 1. The Morgan fingerprint density at radius 3 is 2.32 bits per heavy atom. The fourth-order valence-electron chi connectivity index (χ4n) is 4.63. The summed E-state index contributed by atoms with van der Waals surface area (Å²) < 4.78 is 32.1. The number of hydrogen-bond acceptors (Lipinski definition) is 7. The van der Waals surface area contributed by atoms with Crippen LogP contribution in [0.3, 0.4) is 0 Å². The van der Waals surface area contributed by atoms with E-state index in [1.165, 1.54) is 6.07 Å². The molecule has 2 aromatic carbocycles. The fourth-order valence-corrected chi connectivity index (χ4v) is 4.63. The van der Waals surface area contributed by atoms with Crippen molar-refractivity contribution < 1.29 is 28.5 Å². The van der Waals surface area contributed by atoms with Crippen LogP contribution in [0.2, 0.25) is 0 Å². The Hall–Kier alpha value is -3.83. The van der Waals surface area contributed by atoms with Crippen LogP contribution < -0.4 is 15.4 Å². The Balaban J connectivity index is 0.000000937. The maximum atomic E-state index is 15.0. The number of carbonyl (C=O) groups is 1. The molecule has 9 nitrogen and oxygen atoms in total. The molecule has 4 heterocycles. The lowest BCUT2D eigenvalue weighted by Crippen LogP contribution is -2.34. The molecule has 2 aliphatic rings. The van der Waals surface area contributed by atoms with Gasteiger partial charge < -0.3 is 34.9 Å². The number of ether oxygens (including phenoxy) is 3. The Bertz CT molecular complexity index is 1390. The van der Waals surface area contributed by atoms with E-state index in [1.807, 2.05) is 62.6 Å². The summed E-state index contributed by atoms with van der Waals surface area (Å²) in [4.78, 5) is 18.1. The predicted molar refractivity (Wildman–Crippen MR) is 141 cm³/mol. The van der Waals surface area contributed by atoms with Crippen LogP contribution in [0.25, 0.3) is 33.4 Å². The van der Waals surface area contributed by atoms with Crippen molar-refractivity contribution in [2.45, 2.75) is 24.4 Å². The molecule has 0 saturated carbocycles. The molecule has 1 amide bonds. The van der Waals surface area contributed by atoms with Gasteiger partial charge in [0.05, 0.1) is 24.2 Å². The molecule has 4 atom stereocenters. The van der Waals surface area contributed by atoms with E-state index in [1.54, 1.807) is 6.07 Å². The molecule has 0 spiro atoms. The van der Waals surface area contributed by atoms with E-state index < -0.39 is 11.9 Å². The number of benzene rings is 2. The molecular weight excluding hydrogens is 491 g/mol. The van der Waals surface area contributed by atoms with Crippen LogP contribution in [0.1, 0.15) is 0 Å². The van der Waals surface area contributed by atoms with E-state index in [0.717, 1.165) is 11.1 Å². The van der Waals surface area contributed by atoms with Crippen molar-refractivity contribution in [3.63, 3.8) is 0 Å². The van der Waals surface area contributed by atoms with Crippen molar-refractivity contribution in [1.82, 2.24) is 15.3 Å². The van der Waals surface area contributed by atoms with E-state index in [2.05, 4.69) is 20.6 Å². The second kappa shape index (κ2) is 11.3. The molecule has 10 heteroatoms. The van der Waals surface area contributed by atoms with Crippen LogP contribution in [0, 0.1) is 5.82 Å². The molecule has 2 fully saturated rings. The smallest absolute Gasteiger partial charge is 0.211 e. The lowest BCUT2D eigenvalue weighted by atomic mass is 10.0. The van der Waals surface area contributed by atoms with Gasteiger partial charge in [-0.1, -0.05) is 36.4 Å². The fraction of sp³-hybridized carbons (Fsp3) is 0.286. The van der Waals surface area contributed by atoms with E-state index in [-0.39, 0.29) is 30.6 Å². The average molecular weight is 521 g/mol. The number of pyridine rings is 1. The summed E-state index contributed by atoms with van der Waals surface area (Å²) in [5.74, 6) is -0.0133. The maximum Gasteiger partial charge on any atom is 0.211 e. The summed E-state index contributed by atoms with van der Waals surface area (Å²) in [5.41, 5.74) is 4.63. The standard InChI is InChI=1S/C26H22FN3O5.C2H7N/c27-18-9-19-20(10-23(29-19)35-22-12-34-25-21(32)11-33-26(22)25)30-24(18)16-3-1-14(2-4-16)15-5-7-17(8-6-15)28-13-31;1-3-2/h1-10,13,21-22,25-26,29,32H,11-12H2,(H,28,31);3H,1-2H3/t21?,22?,25-,26-;/m1./s1. The zero-order valence-corrected chi connectivity index (χ0v) is 21.0. The molecule has 38 heavy (non-hydrogen) atoms. The number of H-pyrrole nitrogens is 1. The van der Waals surface area contributed by atoms with Crippen molar-refractivity contribution in [2.75, 3.05) is 32.6 Å². The summed E-state index contributed by atoms with van der Waals surface area (Å²) in [6, 6.07) is 18.0. The summed E-state index contributed by atoms with van der Waals surface area (Å²) in [7, 11) is 3.75. The van der Waals surface area contributed by atoms with Crippen molar-refractivity contribution in [2.24, 2.45) is 0 Å². The first-order valence-corrected chi connectivity index (χ1v) is 12.3. The number of aromatic nitrogens is 2. The minimum atomic E-state index is -0.653. The lowest BCUT2D eigenvalue weighted by Gasteiger charge is -2.16. The first-order chi connectivity index (χ1) is 18.5. The van der Waals surface area contributed by atoms with E-state index in [4.69, 9.17) is 14.2 Å². The number of anilines is 1. The molecule has 2 saturated heterocycles. The van der Waals surface area contributed by atoms with Crippen LogP contribution >= 0.6 is 0 Å². The molecule has 0 bridgehead atoms. The van der Waals surface area contributed by atoms with Crippen molar-refractivity contribution in [3.05, 3.63) is 66.5 Å². The first kappa shape index (κ1) is 25.8. The molecular formula is C28H29FN4O5. The molecule has 198 valence electrons. The van der Waals surface area contributed by atoms with Crippen LogP contribution in [0.4, 0.5) is 10.1 Å². The quantitative estimate of drug-likeness (QED) is 0.288. The number of hydrogen-bond donors (Lipinski definition) is 4. The number of nitrogens with zero attached hydrogens (tertiary/aromatic N) is 1. The predicted octanol–water partition coefficient (Wildman–Crippen LogP) is 3.35. The minimum Gasteiger partial charge on any atom is -0.470 e. The molecule has 0 radical (unpaired) electrons. The van der Waals surface area contributed by atoms with Gasteiger partial charge in [-0.2, -0.15) is 0 Å². The number of halogens is 1. The number of nitrogens with one attached hydrogen (secondary N) is 3. The van der Waals surface area contributed by atoms with E-state index in [0.29, 0.717) is 41.2 Å². The summed E-state index contributed by atoms with van der Waals surface area (Å²) in [5, 5.41) is 15.3. The van der Waals surface area contributed by atoms with Gasteiger partial charge in [0.15, 0.2) is 17.8 Å². The maximum absolute atomic E-state index is 15.0. The Labute approximate surface area is 218 Å². The van der Waals surface area contributed by atoms with Crippen molar-refractivity contribution >= 4 is 23.1 Å². The highest BCUT2D eigenvalue weighted by atomic mass is 19.1. The van der Waals surface area contributed by atoms with Crippen LogP contribution in [-0.4, -0.2) is 73.2 Å². The van der Waals surface area contributed by atoms with E-state index >= 15 is 0 Å². The van der Waals surface area contributed by atoms with Gasteiger partial charge >= 0.3 is 0 Å². The molecule has 0 aliphatic carbocycles. The SMILES string of the molecule is CNC.O=CNc1ccc(-c2ccc(-c3nc4cc(OC5CO[C@@H]6C(O)CO[C@H]56)[nH]c4cc3F)cc2)cc1. The highest BCUT2D eigenvalue weighted by Gasteiger charge is 2.48. The molecule has 2 aromatic heterocycles. The Morgan fingerprint density at radius 1 is 1.00 bits per heavy atom.